The van der Waals surface area contributed by atoms with Gasteiger partial charge in [-0.1, -0.05) is 36.7 Å². The summed E-state index contributed by atoms with van der Waals surface area (Å²) in [6.07, 6.45) is 7.98. The molecule has 0 aliphatic carbocycles. The molecule has 1 aromatic carbocycles. The van der Waals surface area contributed by atoms with Gasteiger partial charge >= 0.3 is 5.97 Å². The van der Waals surface area contributed by atoms with Crippen LogP contribution in [-0.2, 0) is 21.2 Å². The van der Waals surface area contributed by atoms with Crippen LogP contribution < -0.4 is 5.32 Å². The van der Waals surface area contributed by atoms with E-state index in [1.165, 1.54) is 18.0 Å². The number of hydrogen-bond donors (Lipinski definition) is 1. The number of hydrogen-bond acceptors (Lipinski definition) is 8. The number of nitrogens with one attached hydrogen (secondary N) is 1. The van der Waals surface area contributed by atoms with Crippen LogP contribution in [0.15, 0.2) is 40.5 Å². The van der Waals surface area contributed by atoms with E-state index >= 15 is 0 Å². The van der Waals surface area contributed by atoms with Gasteiger partial charge in [-0.15, -0.1) is 0 Å². The first-order chi connectivity index (χ1) is 15.5. The third-order valence-electron chi connectivity index (χ3n) is 5.28. The fraction of sp³-hybridized carbons (Fsp3) is 0.500. The number of sulfonamides is 1. The van der Waals surface area contributed by atoms with Crippen LogP contribution in [-0.4, -0.2) is 61.2 Å². The van der Waals surface area contributed by atoms with Gasteiger partial charge in [-0.2, -0.15) is 4.31 Å². The summed E-state index contributed by atoms with van der Waals surface area (Å²) in [4.78, 5) is 21.0. The molecule has 1 aliphatic rings. The summed E-state index contributed by atoms with van der Waals surface area (Å²) < 4.78 is 32.5. The summed E-state index contributed by atoms with van der Waals surface area (Å²) in [7, 11) is -3.45. The van der Waals surface area contributed by atoms with E-state index in [1.807, 2.05) is 18.4 Å². The Morgan fingerprint density at radius 3 is 2.47 bits per heavy atom. The van der Waals surface area contributed by atoms with Crippen LogP contribution in [0.2, 0.25) is 0 Å². The first kappa shape index (κ1) is 24.5. The number of carbonyl (C=O) groups excluding carboxylic acids is 1. The molecule has 1 saturated heterocycles. The Labute approximate surface area is 194 Å². The summed E-state index contributed by atoms with van der Waals surface area (Å²) in [6, 6.07) is 7.03. The van der Waals surface area contributed by atoms with Gasteiger partial charge in [0.1, 0.15) is 11.4 Å². The number of carbonyl (C=O) groups is 1. The molecule has 0 bridgehead atoms. The van der Waals surface area contributed by atoms with Crippen molar-refractivity contribution in [2.75, 3.05) is 37.8 Å². The zero-order valence-corrected chi connectivity index (χ0v) is 20.2. The minimum atomic E-state index is -3.45. The van der Waals surface area contributed by atoms with Crippen molar-refractivity contribution < 1.29 is 17.9 Å². The molecule has 1 N–H and O–H groups in total. The normalized spacial score (nSPS) is 15.2. The fourth-order valence-corrected chi connectivity index (χ4v) is 5.40. The lowest BCUT2D eigenvalue weighted by Gasteiger charge is -2.20. The van der Waals surface area contributed by atoms with Gasteiger partial charge < -0.3 is 10.1 Å². The Hall–Kier alpha value is -2.17. The number of aromatic nitrogens is 2. The molecule has 174 valence electrons. The fourth-order valence-electron chi connectivity index (χ4n) is 3.54. The average molecular weight is 479 g/mol. The van der Waals surface area contributed by atoms with Gasteiger partial charge in [0, 0.05) is 25.8 Å². The van der Waals surface area contributed by atoms with Crippen molar-refractivity contribution >= 4 is 33.6 Å². The van der Waals surface area contributed by atoms with Gasteiger partial charge in [-0.05, 0) is 50.1 Å². The van der Waals surface area contributed by atoms with E-state index in [1.54, 1.807) is 23.4 Å². The molecule has 0 unspecified atom stereocenters. The molecule has 1 aliphatic heterocycles. The predicted octanol–water partition coefficient (Wildman–Crippen LogP) is 3.59. The van der Waals surface area contributed by atoms with Crippen molar-refractivity contribution in [1.29, 1.82) is 0 Å². The molecule has 10 heteroatoms. The highest BCUT2D eigenvalue weighted by Crippen LogP contribution is 2.21. The van der Waals surface area contributed by atoms with Crippen LogP contribution in [0.1, 0.15) is 48.5 Å². The summed E-state index contributed by atoms with van der Waals surface area (Å²) >= 11 is 1.39. The molecular weight excluding hydrogens is 448 g/mol. The Bertz CT molecular complexity index is 1010. The van der Waals surface area contributed by atoms with Crippen LogP contribution >= 0.6 is 11.8 Å². The molecule has 0 amide bonds. The van der Waals surface area contributed by atoms with E-state index in [0.717, 1.165) is 31.2 Å². The van der Waals surface area contributed by atoms with Crippen LogP contribution in [0.25, 0.3) is 0 Å². The molecule has 0 atom stereocenters. The number of anilines is 1. The van der Waals surface area contributed by atoms with Crippen molar-refractivity contribution in [3.05, 3.63) is 41.6 Å². The third-order valence-corrected chi connectivity index (χ3v) is 7.75. The Balaban J connectivity index is 1.64. The highest BCUT2D eigenvalue weighted by atomic mass is 32.2. The van der Waals surface area contributed by atoms with Crippen molar-refractivity contribution in [2.45, 2.75) is 49.1 Å². The van der Waals surface area contributed by atoms with Crippen molar-refractivity contribution in [3.8, 4) is 0 Å². The average Bonchev–Trinajstić information content (AvgIpc) is 3.10. The van der Waals surface area contributed by atoms with Crippen molar-refractivity contribution in [2.24, 2.45) is 0 Å². The minimum Gasteiger partial charge on any atom is -0.462 e. The number of ether oxygens (including phenoxy) is 1. The van der Waals surface area contributed by atoms with Crippen molar-refractivity contribution in [1.82, 2.24) is 14.3 Å². The third kappa shape index (κ3) is 6.20. The maximum Gasteiger partial charge on any atom is 0.343 e. The van der Waals surface area contributed by atoms with E-state index < -0.39 is 16.0 Å². The molecule has 32 heavy (non-hydrogen) atoms. The number of rotatable bonds is 9. The standard InChI is InChI=1S/C22H30N4O4S2/c1-3-30-21(27)19-16-24-22(31-2)25-20(19)23-13-12-17-8-10-18(11-9-17)32(28,29)26-14-6-4-5-7-15-26/h8-11,16H,3-7,12-15H2,1-2H3,(H,23,24,25). The number of thioether (sulfide) groups is 1. The lowest BCUT2D eigenvalue weighted by atomic mass is 10.1. The molecule has 0 spiro atoms. The second-order valence-corrected chi connectivity index (χ2v) is 10.2. The number of benzene rings is 1. The minimum absolute atomic E-state index is 0.273. The smallest absolute Gasteiger partial charge is 0.343 e. The summed E-state index contributed by atoms with van der Waals surface area (Å²) in [5.41, 5.74) is 1.28. The highest BCUT2D eigenvalue weighted by molar-refractivity contribution is 7.98. The lowest BCUT2D eigenvalue weighted by molar-refractivity contribution is 0.0526. The highest BCUT2D eigenvalue weighted by Gasteiger charge is 2.25. The van der Waals surface area contributed by atoms with Gasteiger partial charge in [-0.25, -0.2) is 23.2 Å². The predicted molar refractivity (Wildman–Crippen MR) is 126 cm³/mol. The molecule has 8 nitrogen and oxygen atoms in total. The summed E-state index contributed by atoms with van der Waals surface area (Å²) in [5, 5.41) is 3.75. The van der Waals surface area contributed by atoms with E-state index in [-0.39, 0.29) is 6.61 Å². The second-order valence-electron chi connectivity index (χ2n) is 7.48. The first-order valence-corrected chi connectivity index (χ1v) is 13.5. The summed E-state index contributed by atoms with van der Waals surface area (Å²) in [6.45, 7) is 3.73. The largest absolute Gasteiger partial charge is 0.462 e. The molecule has 0 saturated carbocycles. The van der Waals surface area contributed by atoms with E-state index in [4.69, 9.17) is 4.74 Å². The number of nitrogens with zero attached hydrogens (tertiary/aromatic N) is 3. The van der Waals surface area contributed by atoms with E-state index in [2.05, 4.69) is 15.3 Å². The number of esters is 1. The molecule has 2 heterocycles. The quantitative estimate of drug-likeness (QED) is 0.331. The SMILES string of the molecule is CCOC(=O)c1cnc(SC)nc1NCCc1ccc(S(=O)(=O)N2CCCCCC2)cc1. The zero-order chi connectivity index (χ0) is 23.0. The molecule has 3 rings (SSSR count). The molecule has 0 radical (unpaired) electrons. The monoisotopic (exact) mass is 478 g/mol. The van der Waals surface area contributed by atoms with Crippen LogP contribution in [0.5, 0.6) is 0 Å². The van der Waals surface area contributed by atoms with Crippen LogP contribution in [0.3, 0.4) is 0 Å². The molecular formula is C22H30N4O4S2. The van der Waals surface area contributed by atoms with Gasteiger partial charge in [-0.3, -0.25) is 0 Å². The Morgan fingerprint density at radius 1 is 1.16 bits per heavy atom. The zero-order valence-electron chi connectivity index (χ0n) is 18.5. The first-order valence-electron chi connectivity index (χ1n) is 10.9. The lowest BCUT2D eigenvalue weighted by Crippen LogP contribution is -2.31. The van der Waals surface area contributed by atoms with Crippen molar-refractivity contribution in [3.63, 3.8) is 0 Å². The Kier molecular flexibility index (Phi) is 8.89. The van der Waals surface area contributed by atoms with Crippen LogP contribution in [0, 0.1) is 0 Å². The van der Waals surface area contributed by atoms with Crippen LogP contribution in [0.4, 0.5) is 5.82 Å². The topological polar surface area (TPSA) is 101 Å². The van der Waals surface area contributed by atoms with E-state index in [9.17, 15) is 13.2 Å². The van der Waals surface area contributed by atoms with Gasteiger partial charge in [0.25, 0.3) is 0 Å². The maximum atomic E-state index is 12.9. The Morgan fingerprint density at radius 2 is 1.84 bits per heavy atom. The summed E-state index contributed by atoms with van der Waals surface area (Å²) in [5.74, 6) is -0.0334. The maximum absolute atomic E-state index is 12.9. The van der Waals surface area contributed by atoms with Gasteiger partial charge in [0.2, 0.25) is 10.0 Å². The van der Waals surface area contributed by atoms with Gasteiger partial charge in [0.05, 0.1) is 11.5 Å². The molecule has 1 fully saturated rings. The molecule has 1 aromatic heterocycles. The molecule has 2 aromatic rings. The van der Waals surface area contributed by atoms with E-state index in [0.29, 0.717) is 47.5 Å². The second kappa shape index (κ2) is 11.6. The van der Waals surface area contributed by atoms with Gasteiger partial charge in [0.15, 0.2) is 5.16 Å².